The number of alkyl halides is 1. The molecule has 3 atom stereocenters. The van der Waals surface area contributed by atoms with Crippen LogP contribution in [-0.2, 0) is 25.5 Å². The summed E-state index contributed by atoms with van der Waals surface area (Å²) in [4.78, 5) is 44.9. The third-order valence-electron chi connectivity index (χ3n) is 11.1. The number of carbonyl (C=O) groups excluding carboxylic acids is 3. The zero-order valence-electron chi connectivity index (χ0n) is 27.0. The van der Waals surface area contributed by atoms with E-state index in [1.807, 2.05) is 17.0 Å². The molecule has 0 bridgehead atoms. The Morgan fingerprint density at radius 2 is 1.72 bits per heavy atom. The molecule has 0 spiro atoms. The number of ketones is 1. The van der Waals surface area contributed by atoms with E-state index in [-0.39, 0.29) is 48.2 Å². The Balaban J connectivity index is 1.12. The minimum atomic E-state index is -0.527. The molecule has 2 N–H and O–H groups in total. The lowest BCUT2D eigenvalue weighted by atomic mass is 9.75. The number of fused-ring (bicyclic) bond motifs is 1. The highest BCUT2D eigenvalue weighted by Gasteiger charge is 2.46. The minimum absolute atomic E-state index is 0.0835. The number of nitrogens with two attached hydrogens (primary N) is 1. The van der Waals surface area contributed by atoms with E-state index in [0.29, 0.717) is 50.6 Å². The maximum atomic E-state index is 14.2. The van der Waals surface area contributed by atoms with Crippen molar-refractivity contribution in [1.82, 2.24) is 9.80 Å². The van der Waals surface area contributed by atoms with Gasteiger partial charge >= 0.3 is 5.97 Å². The highest BCUT2D eigenvalue weighted by atomic mass is 19.1. The van der Waals surface area contributed by atoms with Crippen LogP contribution in [0.25, 0.3) is 11.0 Å². The molecule has 0 radical (unpaired) electrons. The van der Waals surface area contributed by atoms with Gasteiger partial charge in [-0.1, -0.05) is 38.2 Å². The average Bonchev–Trinajstić information content (AvgIpc) is 3.74. The summed E-state index contributed by atoms with van der Waals surface area (Å²) in [6.07, 6.45) is 9.86. The number of benzene rings is 1. The molecule has 46 heavy (non-hydrogen) atoms. The molecule has 2 aromatic rings. The Bertz CT molecular complexity index is 1340. The van der Waals surface area contributed by atoms with Gasteiger partial charge in [0.1, 0.15) is 18.9 Å². The van der Waals surface area contributed by atoms with Crippen molar-refractivity contribution in [3.63, 3.8) is 0 Å². The number of likely N-dealkylation sites (tertiary alicyclic amines) is 1. The van der Waals surface area contributed by atoms with Crippen LogP contribution in [-0.4, -0.2) is 92.2 Å². The third kappa shape index (κ3) is 7.66. The molecule has 4 aliphatic rings. The molecule has 2 saturated carbocycles. The lowest BCUT2D eigenvalue weighted by Crippen LogP contribution is -2.48. The molecule has 1 amide bonds. The van der Waals surface area contributed by atoms with Crippen molar-refractivity contribution < 1.29 is 32.7 Å². The zero-order chi connectivity index (χ0) is 32.0. The van der Waals surface area contributed by atoms with Gasteiger partial charge in [0.15, 0.2) is 5.78 Å². The summed E-state index contributed by atoms with van der Waals surface area (Å²) in [5, 5.41) is 0.747. The quantitative estimate of drug-likeness (QED) is 0.344. The molecular weight excluding hydrogens is 589 g/mol. The van der Waals surface area contributed by atoms with Crippen molar-refractivity contribution in [1.29, 1.82) is 0 Å². The number of hydrogen-bond donors (Lipinski definition) is 1. The van der Waals surface area contributed by atoms with Crippen molar-refractivity contribution in [2.75, 3.05) is 52.7 Å². The molecule has 10 heteroatoms. The molecule has 4 fully saturated rings. The van der Waals surface area contributed by atoms with Crippen LogP contribution in [0.3, 0.4) is 0 Å². The normalized spacial score (nSPS) is 27.1. The smallest absolute Gasteiger partial charge is 0.374 e. The first-order valence-corrected chi connectivity index (χ1v) is 17.6. The van der Waals surface area contributed by atoms with Crippen molar-refractivity contribution in [3.8, 4) is 0 Å². The predicted molar refractivity (Wildman–Crippen MR) is 172 cm³/mol. The first-order chi connectivity index (χ1) is 22.4. The van der Waals surface area contributed by atoms with Gasteiger partial charge in [0, 0.05) is 49.9 Å². The summed E-state index contributed by atoms with van der Waals surface area (Å²) < 4.78 is 29.8. The molecule has 252 valence electrons. The summed E-state index contributed by atoms with van der Waals surface area (Å²) in [6.45, 7) is 4.07. The van der Waals surface area contributed by atoms with Gasteiger partial charge in [-0.3, -0.25) is 14.5 Å². The van der Waals surface area contributed by atoms with Gasteiger partial charge in [0.05, 0.1) is 19.3 Å². The average molecular weight is 640 g/mol. The van der Waals surface area contributed by atoms with Crippen LogP contribution in [0.2, 0.25) is 0 Å². The highest BCUT2D eigenvalue weighted by molar-refractivity contribution is 5.94. The van der Waals surface area contributed by atoms with E-state index >= 15 is 0 Å². The van der Waals surface area contributed by atoms with Gasteiger partial charge in [-0.25, -0.2) is 9.18 Å². The monoisotopic (exact) mass is 639 g/mol. The van der Waals surface area contributed by atoms with E-state index in [1.54, 1.807) is 12.1 Å². The van der Waals surface area contributed by atoms with Gasteiger partial charge in [-0.2, -0.15) is 0 Å². The number of morpholine rings is 1. The number of Topliss-reactive ketones (excluding diaryl/α,β-unsaturated/α-hetero) is 1. The van der Waals surface area contributed by atoms with Crippen LogP contribution in [0.4, 0.5) is 4.39 Å². The molecule has 1 aromatic heterocycles. The predicted octanol–water partition coefficient (Wildman–Crippen LogP) is 4.93. The molecule has 1 aromatic carbocycles. The van der Waals surface area contributed by atoms with Crippen LogP contribution in [0.5, 0.6) is 0 Å². The summed E-state index contributed by atoms with van der Waals surface area (Å²) >= 11 is 0. The summed E-state index contributed by atoms with van der Waals surface area (Å²) in [7, 11) is 0. The van der Waals surface area contributed by atoms with Crippen molar-refractivity contribution >= 4 is 28.6 Å². The Morgan fingerprint density at radius 3 is 2.46 bits per heavy atom. The number of halogens is 1. The number of hydrogen-bond acceptors (Lipinski definition) is 8. The van der Waals surface area contributed by atoms with E-state index in [1.165, 1.54) is 19.3 Å². The Hall–Kier alpha value is -2.82. The van der Waals surface area contributed by atoms with E-state index in [4.69, 9.17) is 19.6 Å². The second kappa shape index (κ2) is 15.4. The number of ether oxygens (including phenoxy) is 2. The fraction of sp³-hybridized carbons (Fsp3) is 0.694. The van der Waals surface area contributed by atoms with Gasteiger partial charge < -0.3 is 24.5 Å². The molecule has 3 heterocycles. The molecule has 2 saturated heterocycles. The van der Waals surface area contributed by atoms with Gasteiger partial charge in [0.25, 0.3) is 0 Å². The van der Waals surface area contributed by atoms with Crippen LogP contribution in [0.1, 0.15) is 80.3 Å². The summed E-state index contributed by atoms with van der Waals surface area (Å²) in [5.74, 6) is 0.460. The van der Waals surface area contributed by atoms with Crippen LogP contribution in [0, 0.1) is 23.7 Å². The molecule has 1 unspecified atom stereocenters. The Labute approximate surface area is 271 Å². The van der Waals surface area contributed by atoms with Crippen molar-refractivity contribution in [3.05, 3.63) is 35.6 Å². The molecule has 2 aliphatic carbocycles. The lowest BCUT2D eigenvalue weighted by molar-refractivity contribution is -0.143. The van der Waals surface area contributed by atoms with Gasteiger partial charge in [-0.05, 0) is 73.6 Å². The van der Waals surface area contributed by atoms with E-state index in [2.05, 4.69) is 4.90 Å². The summed E-state index contributed by atoms with van der Waals surface area (Å²) in [6, 6.07) is 6.40. The fourth-order valence-corrected chi connectivity index (χ4v) is 8.46. The lowest BCUT2D eigenvalue weighted by Gasteiger charge is -2.37. The number of carbonyl (C=O) groups is 3. The third-order valence-corrected chi connectivity index (χ3v) is 11.1. The topological polar surface area (TPSA) is 115 Å². The minimum Gasteiger partial charge on any atom is -0.458 e. The van der Waals surface area contributed by atoms with Crippen molar-refractivity contribution in [2.24, 2.45) is 29.4 Å². The van der Waals surface area contributed by atoms with Gasteiger partial charge in [-0.15, -0.1) is 0 Å². The van der Waals surface area contributed by atoms with Crippen LogP contribution in [0.15, 0.2) is 28.7 Å². The second-order valence-corrected chi connectivity index (χ2v) is 14.0. The number of furan rings is 1. The van der Waals surface area contributed by atoms with Gasteiger partial charge in [0.2, 0.25) is 11.7 Å². The second-order valence-electron chi connectivity index (χ2n) is 14.0. The molecule has 6 rings (SSSR count). The first-order valence-electron chi connectivity index (χ1n) is 17.6. The molecular formula is C36H50FN3O6. The largest absolute Gasteiger partial charge is 0.458 e. The summed E-state index contributed by atoms with van der Waals surface area (Å²) in [5.41, 5.74) is 7.38. The SMILES string of the molecule is NC(CF)C1CCC(C(=O)N2CC[C@@H](C3CCCCC3)[C@H]2C(=O)Cc2ccc3oc(C(=O)OCCN4CCOCC4)cc3c2)CC1. The maximum absolute atomic E-state index is 14.2. The van der Waals surface area contributed by atoms with E-state index in [9.17, 15) is 18.8 Å². The van der Waals surface area contributed by atoms with Crippen LogP contribution < -0.4 is 5.73 Å². The number of rotatable bonds is 11. The molecule has 2 aliphatic heterocycles. The Morgan fingerprint density at radius 1 is 0.957 bits per heavy atom. The van der Waals surface area contributed by atoms with E-state index < -0.39 is 24.7 Å². The Kier molecular flexibility index (Phi) is 11.1. The first kappa shape index (κ1) is 33.1. The van der Waals surface area contributed by atoms with Crippen LogP contribution >= 0.6 is 0 Å². The highest BCUT2D eigenvalue weighted by Crippen LogP contribution is 2.41. The standard InChI is InChI=1S/C36H50FN3O6/c37-23-30(38)26-7-9-27(10-8-26)35(42)40-13-12-29(25-4-2-1-3-5-25)34(40)31(41)21-24-6-11-32-28(20-24)22-33(46-32)36(43)45-19-16-39-14-17-44-18-15-39/h6,11,20,22,25-27,29-30,34H,1-5,7-10,12-19,21,23,38H2/t26?,27?,29-,30?,34-/m0/s1. The number of amides is 1. The zero-order valence-corrected chi connectivity index (χ0v) is 27.0. The number of nitrogens with zero attached hydrogens (tertiary/aromatic N) is 2. The maximum Gasteiger partial charge on any atom is 0.374 e. The van der Waals surface area contributed by atoms with E-state index in [0.717, 1.165) is 56.1 Å². The number of esters is 1. The fourth-order valence-electron chi connectivity index (χ4n) is 8.46. The van der Waals surface area contributed by atoms with Crippen molar-refractivity contribution in [2.45, 2.75) is 82.7 Å². The molecule has 9 nitrogen and oxygen atoms in total.